The molecule has 18 heavy (non-hydrogen) atoms. The average molecular weight is 246 g/mol. The lowest BCUT2D eigenvalue weighted by Gasteiger charge is -2.20. The van der Waals surface area contributed by atoms with Gasteiger partial charge in [-0.2, -0.15) is 0 Å². The van der Waals surface area contributed by atoms with Crippen molar-refractivity contribution in [3.63, 3.8) is 0 Å². The third-order valence-corrected chi connectivity index (χ3v) is 3.98. The largest absolute Gasteiger partial charge is 0.496 e. The number of hydrogen-bond acceptors (Lipinski definition) is 3. The number of hydrogen-bond donors (Lipinski definition) is 1. The zero-order chi connectivity index (χ0) is 12.5. The van der Waals surface area contributed by atoms with E-state index in [1.165, 1.54) is 30.5 Å². The van der Waals surface area contributed by atoms with Crippen LogP contribution in [0.2, 0.25) is 0 Å². The Kier molecular flexibility index (Phi) is 3.16. The van der Waals surface area contributed by atoms with Crippen LogP contribution in [0.1, 0.15) is 24.8 Å². The second kappa shape index (κ2) is 4.81. The fourth-order valence-corrected chi connectivity index (χ4v) is 2.77. The lowest BCUT2D eigenvalue weighted by Crippen LogP contribution is -2.33. The van der Waals surface area contributed by atoms with Crippen molar-refractivity contribution in [2.24, 2.45) is 0 Å². The maximum atomic E-state index is 5.31. The Bertz CT molecular complexity index is 429. The van der Waals surface area contributed by atoms with E-state index in [9.17, 15) is 0 Å². The van der Waals surface area contributed by atoms with Gasteiger partial charge in [0.1, 0.15) is 5.75 Å². The van der Waals surface area contributed by atoms with Crippen LogP contribution in [-0.4, -0.2) is 32.3 Å². The first-order valence-electron chi connectivity index (χ1n) is 6.92. The quantitative estimate of drug-likeness (QED) is 0.882. The number of rotatable bonds is 4. The molecule has 1 aliphatic heterocycles. The molecule has 2 fully saturated rings. The van der Waals surface area contributed by atoms with Gasteiger partial charge in [-0.25, -0.2) is 0 Å². The molecule has 98 valence electrons. The zero-order valence-electron chi connectivity index (χ0n) is 11.3. The first-order chi connectivity index (χ1) is 8.76. The van der Waals surface area contributed by atoms with Crippen molar-refractivity contribution in [3.05, 3.63) is 23.8 Å². The Morgan fingerprint density at radius 2 is 2.06 bits per heavy atom. The molecule has 0 radical (unpaired) electrons. The van der Waals surface area contributed by atoms with E-state index in [1.807, 2.05) is 0 Å². The minimum absolute atomic E-state index is 0.680. The molecule has 1 atom stereocenters. The maximum absolute atomic E-state index is 5.31. The van der Waals surface area contributed by atoms with Gasteiger partial charge >= 0.3 is 0 Å². The van der Waals surface area contributed by atoms with Gasteiger partial charge in [-0.15, -0.1) is 0 Å². The Morgan fingerprint density at radius 3 is 2.72 bits per heavy atom. The highest BCUT2D eigenvalue weighted by molar-refractivity contribution is 5.53. The van der Waals surface area contributed by atoms with Gasteiger partial charge in [-0.05, 0) is 49.9 Å². The third-order valence-electron chi connectivity index (χ3n) is 3.98. The third kappa shape index (κ3) is 2.46. The van der Waals surface area contributed by atoms with E-state index in [0.717, 1.165) is 24.9 Å². The molecule has 0 aromatic heterocycles. The fraction of sp³-hybridized carbons (Fsp3) is 0.600. The Morgan fingerprint density at radius 1 is 1.22 bits per heavy atom. The fourth-order valence-electron chi connectivity index (χ4n) is 2.77. The topological polar surface area (TPSA) is 24.5 Å². The molecule has 0 amide bonds. The second-order valence-corrected chi connectivity index (χ2v) is 5.53. The predicted octanol–water partition coefficient (Wildman–Crippen LogP) is 2.33. The van der Waals surface area contributed by atoms with E-state index in [4.69, 9.17) is 4.74 Å². The standard InChI is InChI=1S/C15H22N2O/c1-11-9-14(5-6-15(11)18-2)17-8-7-13(10-17)16-12-3-4-12/h5-6,9,12-13,16H,3-4,7-8,10H2,1-2H3. The Balaban J connectivity index is 1.65. The number of aryl methyl sites for hydroxylation is 1. The number of anilines is 1. The van der Waals surface area contributed by atoms with E-state index in [2.05, 4.69) is 35.3 Å². The summed E-state index contributed by atoms with van der Waals surface area (Å²) in [7, 11) is 1.73. The number of benzene rings is 1. The summed E-state index contributed by atoms with van der Waals surface area (Å²) in [5, 5.41) is 3.72. The van der Waals surface area contributed by atoms with Gasteiger partial charge < -0.3 is 15.0 Å². The van der Waals surface area contributed by atoms with Crippen LogP contribution in [0.4, 0.5) is 5.69 Å². The van der Waals surface area contributed by atoms with Crippen molar-refractivity contribution in [3.8, 4) is 5.75 Å². The number of nitrogens with one attached hydrogen (secondary N) is 1. The highest BCUT2D eigenvalue weighted by Gasteiger charge is 2.29. The lowest BCUT2D eigenvalue weighted by molar-refractivity contribution is 0.411. The summed E-state index contributed by atoms with van der Waals surface area (Å²) in [5.74, 6) is 0.977. The molecule has 1 N–H and O–H groups in total. The summed E-state index contributed by atoms with van der Waals surface area (Å²) in [4.78, 5) is 2.48. The van der Waals surface area contributed by atoms with Gasteiger partial charge in [0.2, 0.25) is 0 Å². The van der Waals surface area contributed by atoms with Crippen LogP contribution >= 0.6 is 0 Å². The van der Waals surface area contributed by atoms with E-state index >= 15 is 0 Å². The Labute approximate surface area is 109 Å². The van der Waals surface area contributed by atoms with Crippen molar-refractivity contribution in [2.75, 3.05) is 25.1 Å². The van der Waals surface area contributed by atoms with Crippen LogP contribution in [0.3, 0.4) is 0 Å². The summed E-state index contributed by atoms with van der Waals surface area (Å²) < 4.78 is 5.31. The number of methoxy groups -OCH3 is 1. The van der Waals surface area contributed by atoms with Crippen LogP contribution in [-0.2, 0) is 0 Å². The highest BCUT2D eigenvalue weighted by Crippen LogP contribution is 2.28. The predicted molar refractivity (Wildman–Crippen MR) is 74.5 cm³/mol. The highest BCUT2D eigenvalue weighted by atomic mass is 16.5. The first kappa shape index (κ1) is 11.8. The average Bonchev–Trinajstić information content (AvgIpc) is 3.05. The summed E-state index contributed by atoms with van der Waals surface area (Å²) in [6, 6.07) is 7.98. The molecule has 1 aliphatic carbocycles. The van der Waals surface area contributed by atoms with Gasteiger partial charge in [-0.1, -0.05) is 0 Å². The normalized spacial score (nSPS) is 23.4. The second-order valence-electron chi connectivity index (χ2n) is 5.53. The molecule has 3 rings (SSSR count). The van der Waals surface area contributed by atoms with Crippen molar-refractivity contribution < 1.29 is 4.74 Å². The van der Waals surface area contributed by atoms with Crippen LogP contribution in [0, 0.1) is 6.92 Å². The van der Waals surface area contributed by atoms with Crippen molar-refractivity contribution in [2.45, 2.75) is 38.3 Å². The molecule has 0 bridgehead atoms. The molecule has 1 aromatic rings. The number of nitrogens with zero attached hydrogens (tertiary/aromatic N) is 1. The van der Waals surface area contributed by atoms with Gasteiger partial charge in [0.05, 0.1) is 7.11 Å². The summed E-state index contributed by atoms with van der Waals surface area (Å²) >= 11 is 0. The lowest BCUT2D eigenvalue weighted by atomic mass is 10.2. The van der Waals surface area contributed by atoms with E-state index < -0.39 is 0 Å². The maximum Gasteiger partial charge on any atom is 0.121 e. The SMILES string of the molecule is COc1ccc(N2CCC(NC3CC3)C2)cc1C. The number of ether oxygens (including phenoxy) is 1. The molecular formula is C15H22N2O. The van der Waals surface area contributed by atoms with Crippen molar-refractivity contribution in [1.29, 1.82) is 0 Å². The minimum Gasteiger partial charge on any atom is -0.496 e. The smallest absolute Gasteiger partial charge is 0.121 e. The minimum atomic E-state index is 0.680. The molecule has 3 nitrogen and oxygen atoms in total. The molecule has 1 saturated heterocycles. The summed E-state index contributed by atoms with van der Waals surface area (Å²) in [6.45, 7) is 4.41. The molecule has 1 saturated carbocycles. The van der Waals surface area contributed by atoms with Crippen molar-refractivity contribution >= 4 is 5.69 Å². The van der Waals surface area contributed by atoms with Crippen LogP contribution in [0.25, 0.3) is 0 Å². The van der Waals surface area contributed by atoms with Crippen LogP contribution < -0.4 is 15.0 Å². The monoisotopic (exact) mass is 246 g/mol. The molecule has 1 heterocycles. The zero-order valence-corrected chi connectivity index (χ0v) is 11.3. The van der Waals surface area contributed by atoms with Gasteiger partial charge in [0.25, 0.3) is 0 Å². The molecule has 1 aromatic carbocycles. The molecular weight excluding hydrogens is 224 g/mol. The summed E-state index contributed by atoms with van der Waals surface area (Å²) in [6.07, 6.45) is 4.01. The molecule has 3 heteroatoms. The van der Waals surface area contributed by atoms with Crippen LogP contribution in [0.15, 0.2) is 18.2 Å². The summed E-state index contributed by atoms with van der Waals surface area (Å²) in [5.41, 5.74) is 2.54. The molecule has 0 spiro atoms. The van der Waals surface area contributed by atoms with Crippen LogP contribution in [0.5, 0.6) is 5.75 Å². The Hall–Kier alpha value is -1.22. The molecule has 2 aliphatic rings. The van der Waals surface area contributed by atoms with Crippen molar-refractivity contribution in [1.82, 2.24) is 5.32 Å². The first-order valence-corrected chi connectivity index (χ1v) is 6.92. The van der Waals surface area contributed by atoms with Gasteiger partial charge in [0.15, 0.2) is 0 Å². The van der Waals surface area contributed by atoms with Gasteiger partial charge in [0, 0.05) is 30.9 Å². The van der Waals surface area contributed by atoms with E-state index in [1.54, 1.807) is 7.11 Å². The van der Waals surface area contributed by atoms with Gasteiger partial charge in [-0.3, -0.25) is 0 Å². The molecule has 1 unspecified atom stereocenters. The van der Waals surface area contributed by atoms with E-state index in [-0.39, 0.29) is 0 Å². The van der Waals surface area contributed by atoms with E-state index in [0.29, 0.717) is 6.04 Å².